The van der Waals surface area contributed by atoms with Crippen LogP contribution in [0.25, 0.3) is 16.3 Å². The second-order valence-electron chi connectivity index (χ2n) is 6.35. The molecule has 3 aromatic rings. The van der Waals surface area contributed by atoms with Crippen molar-refractivity contribution in [3.63, 3.8) is 0 Å². The lowest BCUT2D eigenvalue weighted by atomic mass is 10.2. The van der Waals surface area contributed by atoms with E-state index >= 15 is 0 Å². The van der Waals surface area contributed by atoms with Crippen molar-refractivity contribution in [3.05, 3.63) is 74.6 Å². The Kier molecular flexibility index (Phi) is 6.90. The normalized spacial score (nSPS) is 11.6. The van der Waals surface area contributed by atoms with Crippen molar-refractivity contribution in [1.29, 1.82) is 0 Å². The largest absolute Gasteiger partial charge is 0.468 e. The molecule has 0 saturated heterocycles. The Morgan fingerprint density at radius 1 is 1.12 bits per heavy atom. The molecule has 0 spiro atoms. The van der Waals surface area contributed by atoms with Gasteiger partial charge in [0.15, 0.2) is 4.80 Å². The molecule has 0 aliphatic heterocycles. The Morgan fingerprint density at radius 2 is 1.84 bits per heavy atom. The maximum atomic E-state index is 12.4. The number of carbonyl (C=O) groups is 3. The Balaban J connectivity index is 1.97. The average molecular weight is 455 g/mol. The van der Waals surface area contributed by atoms with Gasteiger partial charge in [-0.3, -0.25) is 19.7 Å². The van der Waals surface area contributed by atoms with E-state index in [1.54, 1.807) is 18.2 Å². The van der Waals surface area contributed by atoms with Crippen LogP contribution in [0.5, 0.6) is 0 Å². The van der Waals surface area contributed by atoms with Crippen molar-refractivity contribution in [2.45, 2.75) is 6.54 Å². The molecule has 1 aromatic heterocycles. The minimum Gasteiger partial charge on any atom is -0.468 e. The molecule has 10 nitrogen and oxygen atoms in total. The van der Waals surface area contributed by atoms with E-state index in [1.165, 1.54) is 55.2 Å². The second kappa shape index (κ2) is 9.79. The molecule has 11 heteroatoms. The fourth-order valence-electron chi connectivity index (χ4n) is 2.76. The first-order valence-electron chi connectivity index (χ1n) is 9.12. The maximum Gasteiger partial charge on any atom is 0.337 e. The van der Waals surface area contributed by atoms with Crippen LogP contribution in [0.2, 0.25) is 0 Å². The zero-order chi connectivity index (χ0) is 23.3. The molecule has 164 valence electrons. The first-order chi connectivity index (χ1) is 15.3. The van der Waals surface area contributed by atoms with E-state index in [2.05, 4.69) is 4.99 Å². The molecule has 0 bridgehead atoms. The minimum absolute atomic E-state index is 0.0568. The van der Waals surface area contributed by atoms with Gasteiger partial charge in [-0.2, -0.15) is 4.99 Å². The first-order valence-corrected chi connectivity index (χ1v) is 9.93. The van der Waals surface area contributed by atoms with Gasteiger partial charge >= 0.3 is 11.9 Å². The number of nitro benzene ring substituents is 1. The fraction of sp³-hybridized carbons (Fsp3) is 0.143. The molecule has 0 N–H and O–H groups in total. The summed E-state index contributed by atoms with van der Waals surface area (Å²) < 4.78 is 11.6. The molecule has 0 aliphatic rings. The van der Waals surface area contributed by atoms with Crippen molar-refractivity contribution in [2.75, 3.05) is 14.2 Å². The molecule has 0 atom stereocenters. The summed E-state index contributed by atoms with van der Waals surface area (Å²) in [5, 5.41) is 10.7. The van der Waals surface area contributed by atoms with Gasteiger partial charge in [-0.1, -0.05) is 11.3 Å². The van der Waals surface area contributed by atoms with E-state index < -0.39 is 22.8 Å². The molecule has 0 fully saturated rings. The highest BCUT2D eigenvalue weighted by Crippen LogP contribution is 2.20. The van der Waals surface area contributed by atoms with E-state index in [9.17, 15) is 24.5 Å². The van der Waals surface area contributed by atoms with Gasteiger partial charge in [0.1, 0.15) is 6.54 Å². The third kappa shape index (κ3) is 5.13. The van der Waals surface area contributed by atoms with Gasteiger partial charge in [0, 0.05) is 18.2 Å². The van der Waals surface area contributed by atoms with Gasteiger partial charge in [0.2, 0.25) is 0 Å². The van der Waals surface area contributed by atoms with Gasteiger partial charge in [-0.05, 0) is 42.0 Å². The van der Waals surface area contributed by atoms with Crippen molar-refractivity contribution in [3.8, 4) is 0 Å². The monoisotopic (exact) mass is 455 g/mol. The van der Waals surface area contributed by atoms with Gasteiger partial charge in [0.25, 0.3) is 11.6 Å². The van der Waals surface area contributed by atoms with E-state index in [4.69, 9.17) is 9.47 Å². The van der Waals surface area contributed by atoms with Crippen molar-refractivity contribution in [2.24, 2.45) is 4.99 Å². The fourth-order valence-corrected chi connectivity index (χ4v) is 3.83. The number of nitro groups is 1. The van der Waals surface area contributed by atoms with Crippen LogP contribution in [-0.2, 0) is 25.6 Å². The molecule has 1 amide bonds. The Morgan fingerprint density at radius 3 is 2.47 bits per heavy atom. The Hall–Kier alpha value is -4.12. The zero-order valence-electron chi connectivity index (χ0n) is 17.0. The van der Waals surface area contributed by atoms with Crippen LogP contribution in [-0.4, -0.2) is 41.6 Å². The number of benzene rings is 2. The summed E-state index contributed by atoms with van der Waals surface area (Å²) in [4.78, 5) is 50.6. The van der Waals surface area contributed by atoms with Crippen LogP contribution >= 0.6 is 11.3 Å². The zero-order valence-corrected chi connectivity index (χ0v) is 17.8. The van der Waals surface area contributed by atoms with Crippen molar-refractivity contribution >= 4 is 51.2 Å². The van der Waals surface area contributed by atoms with Gasteiger partial charge in [0.05, 0.1) is 34.9 Å². The number of thiazole rings is 1. The van der Waals surface area contributed by atoms with E-state index in [1.807, 2.05) is 0 Å². The Bertz CT molecular complexity index is 1300. The quantitative estimate of drug-likeness (QED) is 0.242. The van der Waals surface area contributed by atoms with Crippen LogP contribution < -0.4 is 4.80 Å². The summed E-state index contributed by atoms with van der Waals surface area (Å²) in [5.74, 6) is -1.64. The molecular weight excluding hydrogens is 438 g/mol. The van der Waals surface area contributed by atoms with Gasteiger partial charge in [-0.25, -0.2) is 4.79 Å². The molecule has 2 aromatic carbocycles. The molecule has 0 radical (unpaired) electrons. The Labute approximate surface area is 185 Å². The molecule has 0 unspecified atom stereocenters. The topological polar surface area (TPSA) is 130 Å². The number of hydrogen-bond acceptors (Lipinski definition) is 8. The average Bonchev–Trinajstić information content (AvgIpc) is 3.13. The number of nitrogens with zero attached hydrogens (tertiary/aromatic N) is 3. The van der Waals surface area contributed by atoms with E-state index in [-0.39, 0.29) is 17.0 Å². The molecule has 32 heavy (non-hydrogen) atoms. The first kappa shape index (κ1) is 22.6. The predicted molar refractivity (Wildman–Crippen MR) is 116 cm³/mol. The number of methoxy groups -OCH3 is 2. The molecule has 0 aliphatic carbocycles. The third-order valence-corrected chi connectivity index (χ3v) is 5.39. The van der Waals surface area contributed by atoms with Gasteiger partial charge in [-0.15, -0.1) is 0 Å². The number of esters is 2. The predicted octanol–water partition coefficient (Wildman–Crippen LogP) is 2.71. The maximum absolute atomic E-state index is 12.4. The number of ether oxygens (including phenoxy) is 2. The lowest BCUT2D eigenvalue weighted by Gasteiger charge is -2.04. The number of hydrogen-bond donors (Lipinski definition) is 0. The lowest BCUT2D eigenvalue weighted by molar-refractivity contribution is -0.384. The van der Waals surface area contributed by atoms with Crippen LogP contribution in [0.15, 0.2) is 53.5 Å². The number of amides is 1. The highest BCUT2D eigenvalue weighted by atomic mass is 32.1. The van der Waals surface area contributed by atoms with Crippen molar-refractivity contribution < 1.29 is 28.8 Å². The number of fused-ring (bicyclic) bond motifs is 1. The SMILES string of the molecule is COC(=O)Cn1c(=NC(=O)/C=C\c2ccc([N+](=O)[O-])cc2)sc2cc(C(=O)OC)ccc21. The molecule has 3 rings (SSSR count). The highest BCUT2D eigenvalue weighted by molar-refractivity contribution is 7.16. The molecular formula is C21H17N3O7S. The van der Waals surface area contributed by atoms with E-state index in [0.29, 0.717) is 21.3 Å². The smallest absolute Gasteiger partial charge is 0.337 e. The van der Waals surface area contributed by atoms with E-state index in [0.717, 1.165) is 11.3 Å². The summed E-state index contributed by atoms with van der Waals surface area (Å²) in [6.45, 7) is -0.174. The summed E-state index contributed by atoms with van der Waals surface area (Å²) >= 11 is 1.12. The number of rotatable bonds is 6. The van der Waals surface area contributed by atoms with Crippen LogP contribution in [0.1, 0.15) is 15.9 Å². The third-order valence-electron chi connectivity index (χ3n) is 4.35. The van der Waals surface area contributed by atoms with Crippen molar-refractivity contribution in [1.82, 2.24) is 4.57 Å². The van der Waals surface area contributed by atoms with Crippen LogP contribution in [0.4, 0.5) is 5.69 Å². The number of carbonyl (C=O) groups excluding carboxylic acids is 3. The molecule has 0 saturated carbocycles. The summed E-state index contributed by atoms with van der Waals surface area (Å²) in [6.07, 6.45) is 2.69. The highest BCUT2D eigenvalue weighted by Gasteiger charge is 2.14. The standard InChI is InChI=1S/C21H17N3O7S/c1-30-19(26)12-23-16-9-6-14(20(27)31-2)11-17(16)32-21(23)22-18(25)10-5-13-3-7-15(8-4-13)24(28)29/h3-11H,12H2,1-2H3/b10-5-,22-21?. The van der Waals surface area contributed by atoms with Crippen LogP contribution in [0.3, 0.4) is 0 Å². The second-order valence-corrected chi connectivity index (χ2v) is 7.36. The minimum atomic E-state index is -0.596. The number of non-ortho nitro benzene ring substituents is 1. The lowest BCUT2D eigenvalue weighted by Crippen LogP contribution is -2.22. The summed E-state index contributed by atoms with van der Waals surface area (Å²) in [6, 6.07) is 10.5. The summed E-state index contributed by atoms with van der Waals surface area (Å²) in [7, 11) is 2.52. The van der Waals surface area contributed by atoms with Crippen LogP contribution in [0, 0.1) is 10.1 Å². The number of aromatic nitrogens is 1. The molecule has 1 heterocycles. The van der Waals surface area contributed by atoms with Gasteiger partial charge < -0.3 is 14.0 Å². The summed E-state index contributed by atoms with van der Waals surface area (Å²) in [5.41, 5.74) is 1.45.